The maximum atomic E-state index is 13.5. The number of carbonyl (C=O) groups excluding carboxylic acids is 1. The first-order valence-electron chi connectivity index (χ1n) is 11.5. The minimum absolute atomic E-state index is 0.0485. The minimum Gasteiger partial charge on any atom is -0.507 e. The summed E-state index contributed by atoms with van der Waals surface area (Å²) in [5.41, 5.74) is 3.31. The molecule has 5 rings (SSSR count). The number of nitro benzene ring substituents is 1. The van der Waals surface area contributed by atoms with Crippen LogP contribution in [0.3, 0.4) is 0 Å². The number of Topliss-reactive ketones (excluding diaryl/α,β-unsaturated/α-hetero) is 1. The first-order valence-corrected chi connectivity index (χ1v) is 12.3. The van der Waals surface area contributed by atoms with Gasteiger partial charge in [0.25, 0.3) is 5.69 Å². The second kappa shape index (κ2) is 9.54. The highest BCUT2D eigenvalue weighted by atomic mass is 79.9. The summed E-state index contributed by atoms with van der Waals surface area (Å²) in [6, 6.07) is 22.4. The van der Waals surface area contributed by atoms with Crippen LogP contribution in [0, 0.1) is 15.5 Å². The summed E-state index contributed by atoms with van der Waals surface area (Å²) < 4.78 is 0.885. The average molecular weight is 544 g/mol. The highest BCUT2D eigenvalue weighted by molar-refractivity contribution is 9.10. The molecule has 1 aliphatic carbocycles. The Morgan fingerprint density at radius 2 is 1.67 bits per heavy atom. The van der Waals surface area contributed by atoms with Crippen LogP contribution in [0.1, 0.15) is 36.3 Å². The summed E-state index contributed by atoms with van der Waals surface area (Å²) >= 11 is 3.45. The lowest BCUT2D eigenvalue weighted by Crippen LogP contribution is -2.42. The third-order valence-electron chi connectivity index (χ3n) is 6.58. The fourth-order valence-electron chi connectivity index (χ4n) is 4.94. The van der Waals surface area contributed by atoms with Crippen molar-refractivity contribution in [3.63, 3.8) is 0 Å². The molecule has 1 heterocycles. The molecule has 0 amide bonds. The molecule has 0 aromatic heterocycles. The lowest BCUT2D eigenvalue weighted by atomic mass is 9.73. The molecule has 0 spiro atoms. The number of non-ortho nitro benzene ring substituents is 1. The van der Waals surface area contributed by atoms with Crippen LogP contribution in [0.2, 0.25) is 0 Å². The minimum atomic E-state index is -0.729. The summed E-state index contributed by atoms with van der Waals surface area (Å²) in [5.74, 6) is -0.813. The van der Waals surface area contributed by atoms with Crippen LogP contribution in [-0.2, 0) is 4.79 Å². The van der Waals surface area contributed by atoms with Gasteiger partial charge in [-0.1, -0.05) is 58.4 Å². The van der Waals surface area contributed by atoms with Gasteiger partial charge in [0.1, 0.15) is 11.6 Å². The predicted molar refractivity (Wildman–Crippen MR) is 142 cm³/mol. The van der Waals surface area contributed by atoms with E-state index < -0.39 is 10.8 Å². The van der Waals surface area contributed by atoms with E-state index in [0.717, 1.165) is 10.2 Å². The van der Waals surface area contributed by atoms with E-state index in [1.165, 1.54) is 12.1 Å². The van der Waals surface area contributed by atoms with Crippen molar-refractivity contribution in [3.05, 3.63) is 121 Å². The largest absolute Gasteiger partial charge is 0.507 e. The van der Waals surface area contributed by atoms with Crippen LogP contribution < -0.4 is 4.90 Å². The number of hydrogen-bond donors (Lipinski definition) is 2. The normalized spacial score (nSPS) is 19.2. The van der Waals surface area contributed by atoms with Crippen molar-refractivity contribution >= 4 is 44.7 Å². The predicted octanol–water partition coefficient (Wildman–Crippen LogP) is 6.91. The molecule has 3 aromatic rings. The number of nitro groups is 1. The Morgan fingerprint density at radius 1 is 1.00 bits per heavy atom. The van der Waals surface area contributed by atoms with Crippen molar-refractivity contribution in [2.24, 2.45) is 0 Å². The smallest absolute Gasteiger partial charge is 0.269 e. The molecule has 180 valence electrons. The first kappa shape index (κ1) is 23.7. The summed E-state index contributed by atoms with van der Waals surface area (Å²) in [6.07, 6.45) is 1.63. The Kier molecular flexibility index (Phi) is 6.28. The van der Waals surface area contributed by atoms with Crippen molar-refractivity contribution in [2.45, 2.75) is 25.2 Å². The van der Waals surface area contributed by atoms with Gasteiger partial charge in [-0.05, 0) is 42.7 Å². The van der Waals surface area contributed by atoms with E-state index in [9.17, 15) is 25.4 Å². The number of aliphatic hydroxyl groups excluding tert-OH is 1. The summed E-state index contributed by atoms with van der Waals surface area (Å²) in [7, 11) is 0. The Balaban J connectivity index is 1.80. The van der Waals surface area contributed by atoms with Crippen LogP contribution in [-0.4, -0.2) is 21.6 Å². The van der Waals surface area contributed by atoms with Crippen LogP contribution >= 0.6 is 15.9 Å². The number of halogens is 1. The Bertz CT molecular complexity index is 1430. The molecule has 36 heavy (non-hydrogen) atoms. The van der Waals surface area contributed by atoms with Gasteiger partial charge in [-0.15, -0.1) is 0 Å². The van der Waals surface area contributed by atoms with Gasteiger partial charge in [-0.25, -0.2) is 0 Å². The number of aliphatic hydroxyl groups is 1. The molecule has 3 aromatic carbocycles. The van der Waals surface area contributed by atoms with E-state index in [0.29, 0.717) is 41.6 Å². The number of nitrogens with zero attached hydrogens (tertiary/aromatic N) is 2. The number of hydrogen-bond acceptors (Lipinski definition) is 5. The summed E-state index contributed by atoms with van der Waals surface area (Å²) in [4.78, 5) is 26.0. The van der Waals surface area contributed by atoms with E-state index in [-0.39, 0.29) is 28.6 Å². The van der Waals surface area contributed by atoms with Crippen molar-refractivity contribution in [3.8, 4) is 0 Å². The van der Waals surface area contributed by atoms with Crippen molar-refractivity contribution in [2.75, 3.05) is 4.90 Å². The van der Waals surface area contributed by atoms with Gasteiger partial charge in [0, 0.05) is 57.0 Å². The van der Waals surface area contributed by atoms with Gasteiger partial charge in [-0.2, -0.15) is 0 Å². The molecule has 7 nitrogen and oxygen atoms in total. The maximum Gasteiger partial charge on any atom is 0.269 e. The molecule has 0 radical (unpaired) electrons. The Hall–Kier alpha value is -4.04. The van der Waals surface area contributed by atoms with E-state index in [1.54, 1.807) is 41.3 Å². The highest BCUT2D eigenvalue weighted by Crippen LogP contribution is 2.48. The number of rotatable bonds is 4. The van der Waals surface area contributed by atoms with Gasteiger partial charge in [-0.3, -0.25) is 25.2 Å². The summed E-state index contributed by atoms with van der Waals surface area (Å²) in [6.45, 7) is 0. The van der Waals surface area contributed by atoms with Crippen LogP contribution in [0.4, 0.5) is 11.4 Å². The molecule has 0 bridgehead atoms. The average Bonchev–Trinajstić information content (AvgIpc) is 2.89. The summed E-state index contributed by atoms with van der Waals surface area (Å²) in [5, 5.41) is 32.1. The maximum absolute atomic E-state index is 13.5. The second-order valence-corrected chi connectivity index (χ2v) is 9.62. The monoisotopic (exact) mass is 543 g/mol. The van der Waals surface area contributed by atoms with Crippen molar-refractivity contribution < 1.29 is 14.8 Å². The van der Waals surface area contributed by atoms with Gasteiger partial charge in [0.2, 0.25) is 0 Å². The zero-order valence-electron chi connectivity index (χ0n) is 19.1. The molecule has 2 N–H and O–H groups in total. The van der Waals surface area contributed by atoms with E-state index in [2.05, 4.69) is 15.9 Å². The zero-order valence-corrected chi connectivity index (χ0v) is 20.7. The number of amidine groups is 1. The SMILES string of the molecule is N=C1/C(=C(/O)c2ccccc2)C(c2ccc([N+](=O)[O-])cc2)C2=C(CCCC2=O)N1c1ccc(Br)cc1. The second-order valence-electron chi connectivity index (χ2n) is 8.71. The molecule has 0 saturated heterocycles. The molecule has 0 saturated carbocycles. The van der Waals surface area contributed by atoms with Crippen molar-refractivity contribution in [1.29, 1.82) is 5.41 Å². The molecule has 1 unspecified atom stereocenters. The van der Waals surface area contributed by atoms with Crippen molar-refractivity contribution in [1.82, 2.24) is 0 Å². The van der Waals surface area contributed by atoms with Gasteiger partial charge >= 0.3 is 0 Å². The fraction of sp³-hybridized carbons (Fsp3) is 0.143. The van der Waals surface area contributed by atoms with E-state index in [1.807, 2.05) is 30.3 Å². The number of nitrogens with one attached hydrogen (secondary N) is 1. The Labute approximate surface area is 216 Å². The number of carbonyl (C=O) groups is 1. The number of anilines is 1. The third kappa shape index (κ3) is 4.13. The number of benzene rings is 3. The molecule has 8 heteroatoms. The van der Waals surface area contributed by atoms with Crippen LogP contribution in [0.25, 0.3) is 5.76 Å². The third-order valence-corrected chi connectivity index (χ3v) is 7.11. The molecule has 1 atom stereocenters. The molecular formula is C28H22BrN3O4. The standard InChI is InChI=1S/C28H22BrN3O4/c29-19-11-15-20(16-12-19)31-22-7-4-8-23(33)25(22)24(17-9-13-21(14-10-17)32(35)36)26(28(31)30)27(34)18-5-2-1-3-6-18/h1-3,5-6,9-16,24,30,34H,4,7-8H2/b27-26+,30-28?. The van der Waals surface area contributed by atoms with E-state index >= 15 is 0 Å². The zero-order chi connectivity index (χ0) is 25.4. The Morgan fingerprint density at radius 3 is 2.31 bits per heavy atom. The van der Waals surface area contributed by atoms with Crippen LogP contribution in [0.5, 0.6) is 0 Å². The molecule has 1 aliphatic heterocycles. The van der Waals surface area contributed by atoms with Gasteiger partial charge in [0.15, 0.2) is 5.78 Å². The van der Waals surface area contributed by atoms with E-state index in [4.69, 9.17) is 0 Å². The topological polar surface area (TPSA) is 108 Å². The highest BCUT2D eigenvalue weighted by Gasteiger charge is 2.43. The number of ketones is 1. The number of allylic oxidation sites excluding steroid dienone is 2. The van der Waals surface area contributed by atoms with Gasteiger partial charge < -0.3 is 5.11 Å². The quantitative estimate of drug-likeness (QED) is 0.211. The lowest BCUT2D eigenvalue weighted by molar-refractivity contribution is -0.384. The molecule has 0 fully saturated rings. The lowest BCUT2D eigenvalue weighted by Gasteiger charge is -2.41. The van der Waals surface area contributed by atoms with Gasteiger partial charge in [0.05, 0.1) is 4.92 Å². The fourth-order valence-corrected chi connectivity index (χ4v) is 5.20. The first-order chi connectivity index (χ1) is 17.4. The molecule has 2 aliphatic rings. The van der Waals surface area contributed by atoms with Crippen LogP contribution in [0.15, 0.2) is 100 Å². The molecular weight excluding hydrogens is 522 g/mol.